The molecule has 1 N–H and O–H groups in total. The number of carbonyl (C=O) groups excluding carboxylic acids is 1. The van der Waals surface area contributed by atoms with E-state index in [9.17, 15) is 26.4 Å². The standard InChI is InChI=1S/C16H22F3NO3S/c1-5-12(20-14(21)16(17,18)19)11-8-6-7-9-13(11)24(22,23)10-15(2,3)4/h6-9,12H,5,10H2,1-4H3,(H,20,21)/t12-/m1/s1. The van der Waals surface area contributed by atoms with Crippen LogP contribution in [-0.2, 0) is 14.6 Å². The van der Waals surface area contributed by atoms with Gasteiger partial charge in [0.15, 0.2) is 9.84 Å². The molecule has 0 aliphatic carbocycles. The average molecular weight is 365 g/mol. The molecule has 0 saturated heterocycles. The quantitative estimate of drug-likeness (QED) is 0.867. The van der Waals surface area contributed by atoms with Crippen molar-refractivity contribution in [3.8, 4) is 0 Å². The molecule has 8 heteroatoms. The molecule has 1 aromatic rings. The van der Waals surface area contributed by atoms with Crippen LogP contribution in [0, 0.1) is 5.41 Å². The highest BCUT2D eigenvalue weighted by molar-refractivity contribution is 7.91. The predicted molar refractivity (Wildman–Crippen MR) is 85.2 cm³/mol. The van der Waals surface area contributed by atoms with Gasteiger partial charge in [0.25, 0.3) is 0 Å². The third kappa shape index (κ3) is 5.51. The Kier molecular flexibility index (Phi) is 6.08. The number of benzene rings is 1. The summed E-state index contributed by atoms with van der Waals surface area (Å²) in [5, 5.41) is 1.87. The van der Waals surface area contributed by atoms with E-state index in [0.29, 0.717) is 0 Å². The number of halogens is 3. The lowest BCUT2D eigenvalue weighted by Gasteiger charge is -2.23. The first-order valence-corrected chi connectivity index (χ1v) is 9.12. The molecule has 0 unspecified atom stereocenters. The number of alkyl halides is 3. The van der Waals surface area contributed by atoms with Gasteiger partial charge >= 0.3 is 12.1 Å². The maximum atomic E-state index is 12.6. The lowest BCUT2D eigenvalue weighted by molar-refractivity contribution is -0.174. The minimum atomic E-state index is -5.02. The Balaban J connectivity index is 3.28. The number of amides is 1. The maximum Gasteiger partial charge on any atom is 0.471 e. The number of hydrogen-bond acceptors (Lipinski definition) is 3. The number of rotatable bonds is 5. The van der Waals surface area contributed by atoms with Crippen LogP contribution in [0.2, 0.25) is 0 Å². The van der Waals surface area contributed by atoms with Crippen molar-refractivity contribution in [3.05, 3.63) is 29.8 Å². The van der Waals surface area contributed by atoms with Gasteiger partial charge in [-0.05, 0) is 23.5 Å². The van der Waals surface area contributed by atoms with E-state index in [-0.39, 0.29) is 22.6 Å². The summed E-state index contributed by atoms with van der Waals surface area (Å²) in [4.78, 5) is 11.2. The van der Waals surface area contributed by atoms with E-state index >= 15 is 0 Å². The summed E-state index contributed by atoms with van der Waals surface area (Å²) in [6, 6.07) is 4.80. The number of nitrogens with one attached hydrogen (secondary N) is 1. The first-order valence-electron chi connectivity index (χ1n) is 7.47. The minimum absolute atomic E-state index is 0.0470. The van der Waals surface area contributed by atoms with E-state index in [1.807, 2.05) is 5.32 Å². The van der Waals surface area contributed by atoms with Crippen molar-refractivity contribution >= 4 is 15.7 Å². The molecule has 1 atom stereocenters. The van der Waals surface area contributed by atoms with E-state index in [0.717, 1.165) is 0 Å². The van der Waals surface area contributed by atoms with Gasteiger partial charge in [-0.2, -0.15) is 13.2 Å². The van der Waals surface area contributed by atoms with Crippen LogP contribution in [0.4, 0.5) is 13.2 Å². The average Bonchev–Trinajstić information content (AvgIpc) is 2.41. The smallest absolute Gasteiger partial charge is 0.341 e. The van der Waals surface area contributed by atoms with Crippen molar-refractivity contribution < 1.29 is 26.4 Å². The van der Waals surface area contributed by atoms with Crippen LogP contribution in [0.15, 0.2) is 29.2 Å². The van der Waals surface area contributed by atoms with Crippen LogP contribution in [0.1, 0.15) is 45.7 Å². The molecule has 1 aromatic carbocycles. The molecule has 0 fully saturated rings. The molecular formula is C16H22F3NO3S. The van der Waals surface area contributed by atoms with E-state index in [4.69, 9.17) is 0 Å². The van der Waals surface area contributed by atoms with Crippen molar-refractivity contribution in [2.75, 3.05) is 5.75 Å². The molecule has 0 saturated carbocycles. The van der Waals surface area contributed by atoms with Gasteiger partial charge in [0.2, 0.25) is 0 Å². The molecule has 4 nitrogen and oxygen atoms in total. The lowest BCUT2D eigenvalue weighted by atomic mass is 10.0. The zero-order valence-corrected chi connectivity index (χ0v) is 14.9. The lowest BCUT2D eigenvalue weighted by Crippen LogP contribution is -2.39. The summed E-state index contributed by atoms with van der Waals surface area (Å²) in [5.74, 6) is -2.24. The summed E-state index contributed by atoms with van der Waals surface area (Å²) in [7, 11) is -3.71. The Hall–Kier alpha value is -1.57. The Morgan fingerprint density at radius 1 is 1.17 bits per heavy atom. The second-order valence-corrected chi connectivity index (χ2v) is 8.75. The third-order valence-electron chi connectivity index (χ3n) is 3.22. The molecule has 0 aliphatic rings. The fraction of sp³-hybridized carbons (Fsp3) is 0.562. The summed E-state index contributed by atoms with van der Waals surface area (Å²) >= 11 is 0. The Morgan fingerprint density at radius 3 is 2.17 bits per heavy atom. The normalized spacial score (nSPS) is 14.3. The molecule has 24 heavy (non-hydrogen) atoms. The van der Waals surface area contributed by atoms with Gasteiger partial charge < -0.3 is 5.32 Å². The van der Waals surface area contributed by atoms with Crippen molar-refractivity contribution in [1.29, 1.82) is 0 Å². The fourth-order valence-electron chi connectivity index (χ4n) is 2.34. The van der Waals surface area contributed by atoms with Crippen molar-refractivity contribution in [2.24, 2.45) is 5.41 Å². The highest BCUT2D eigenvalue weighted by atomic mass is 32.2. The van der Waals surface area contributed by atoms with Gasteiger partial charge in [0.05, 0.1) is 16.7 Å². The van der Waals surface area contributed by atoms with Crippen LogP contribution in [0.25, 0.3) is 0 Å². The third-order valence-corrected chi connectivity index (χ3v) is 5.51. The zero-order chi connectivity index (χ0) is 18.8. The van der Waals surface area contributed by atoms with E-state index in [1.54, 1.807) is 27.7 Å². The molecule has 0 bridgehead atoms. The van der Waals surface area contributed by atoms with Crippen molar-refractivity contribution in [1.82, 2.24) is 5.32 Å². The van der Waals surface area contributed by atoms with Gasteiger partial charge in [-0.3, -0.25) is 4.79 Å². The molecule has 1 amide bonds. The molecule has 0 radical (unpaired) electrons. The molecule has 0 aliphatic heterocycles. The van der Waals surface area contributed by atoms with Crippen LogP contribution in [-0.4, -0.2) is 26.3 Å². The van der Waals surface area contributed by atoms with Crippen molar-refractivity contribution in [2.45, 2.75) is 51.2 Å². The highest BCUT2D eigenvalue weighted by Crippen LogP contribution is 2.30. The van der Waals surface area contributed by atoms with Crippen LogP contribution in [0.3, 0.4) is 0 Å². The monoisotopic (exact) mass is 365 g/mol. The van der Waals surface area contributed by atoms with Gasteiger partial charge in [0.1, 0.15) is 0 Å². The summed E-state index contributed by atoms with van der Waals surface area (Å²) < 4.78 is 62.7. The summed E-state index contributed by atoms with van der Waals surface area (Å²) in [5.41, 5.74) is -0.343. The first kappa shape index (κ1) is 20.5. The van der Waals surface area contributed by atoms with Gasteiger partial charge in [-0.15, -0.1) is 0 Å². The Labute approximate surface area is 140 Å². The molecule has 136 valence electrons. The molecule has 0 spiro atoms. The predicted octanol–water partition coefficient (Wildman–Crippen LogP) is 3.64. The van der Waals surface area contributed by atoms with Gasteiger partial charge in [0, 0.05) is 0 Å². The topological polar surface area (TPSA) is 63.2 Å². The fourth-order valence-corrected chi connectivity index (χ4v) is 4.49. The largest absolute Gasteiger partial charge is 0.471 e. The molecule has 0 aromatic heterocycles. The number of sulfone groups is 1. The highest BCUT2D eigenvalue weighted by Gasteiger charge is 2.40. The molecule has 0 heterocycles. The first-order chi connectivity index (χ1) is 10.8. The van der Waals surface area contributed by atoms with E-state index in [1.165, 1.54) is 24.3 Å². The van der Waals surface area contributed by atoms with E-state index < -0.39 is 33.4 Å². The van der Waals surface area contributed by atoms with Crippen LogP contribution in [0.5, 0.6) is 0 Å². The van der Waals surface area contributed by atoms with Crippen molar-refractivity contribution in [3.63, 3.8) is 0 Å². The maximum absolute atomic E-state index is 12.6. The zero-order valence-electron chi connectivity index (χ0n) is 14.1. The Morgan fingerprint density at radius 2 is 1.71 bits per heavy atom. The second kappa shape index (κ2) is 7.13. The Bertz CT molecular complexity index is 691. The van der Waals surface area contributed by atoms with Crippen LogP contribution < -0.4 is 5.32 Å². The van der Waals surface area contributed by atoms with Gasteiger partial charge in [-0.1, -0.05) is 45.9 Å². The second-order valence-electron chi connectivity index (χ2n) is 6.79. The SMILES string of the molecule is CC[C@@H](NC(=O)C(F)(F)F)c1ccccc1S(=O)(=O)CC(C)(C)C. The summed E-state index contributed by atoms with van der Waals surface area (Å²) in [6.07, 6.45) is -4.89. The number of carbonyl (C=O) groups is 1. The number of hydrogen-bond donors (Lipinski definition) is 1. The summed E-state index contributed by atoms with van der Waals surface area (Å²) in [6.45, 7) is 6.86. The van der Waals surface area contributed by atoms with Crippen LogP contribution >= 0.6 is 0 Å². The molecular weight excluding hydrogens is 343 g/mol. The van der Waals surface area contributed by atoms with Gasteiger partial charge in [-0.25, -0.2) is 8.42 Å². The minimum Gasteiger partial charge on any atom is -0.341 e. The molecule has 1 rings (SSSR count). The van der Waals surface area contributed by atoms with E-state index in [2.05, 4.69) is 0 Å².